The molecule has 0 bridgehead atoms. The predicted octanol–water partition coefficient (Wildman–Crippen LogP) is 3.74. The van der Waals surface area contributed by atoms with Gasteiger partial charge in [0.2, 0.25) is 0 Å². The Morgan fingerprint density at radius 2 is 1.88 bits per heavy atom. The minimum absolute atomic E-state index is 0.269. The zero-order chi connectivity index (χ0) is 11.7. The number of hydrogen-bond donors (Lipinski definition) is 0. The van der Waals surface area contributed by atoms with Crippen LogP contribution in [0.2, 0.25) is 0 Å². The van der Waals surface area contributed by atoms with Crippen molar-refractivity contribution in [2.24, 2.45) is 22.7 Å². The molecule has 88 valence electrons. The predicted molar refractivity (Wildman–Crippen MR) is 65.0 cm³/mol. The van der Waals surface area contributed by atoms with Gasteiger partial charge < -0.3 is 0 Å². The Kier molecular flexibility index (Phi) is 1.85. The summed E-state index contributed by atoms with van der Waals surface area (Å²) in [5, 5.41) is 0. The average molecular weight is 218 g/mol. The fourth-order valence-corrected chi connectivity index (χ4v) is 4.19. The summed E-state index contributed by atoms with van der Waals surface area (Å²) < 4.78 is 0. The van der Waals surface area contributed by atoms with Crippen molar-refractivity contribution in [1.82, 2.24) is 0 Å². The summed E-state index contributed by atoms with van der Waals surface area (Å²) in [5.41, 5.74) is 3.44. The highest BCUT2D eigenvalue weighted by molar-refractivity contribution is 6.01. The van der Waals surface area contributed by atoms with Gasteiger partial charge in [-0.2, -0.15) is 0 Å². The molecule has 0 aromatic carbocycles. The topological polar surface area (TPSA) is 17.1 Å². The van der Waals surface area contributed by atoms with Crippen molar-refractivity contribution in [2.45, 2.75) is 53.4 Å². The Hall–Kier alpha value is -0.590. The SMILES string of the molecule is C[C@H]1CC(=O)C2=C1CC(C)(C)C[C@@H]1C[C@@]21C. The lowest BCUT2D eigenvalue weighted by Crippen LogP contribution is -2.14. The van der Waals surface area contributed by atoms with Crippen molar-refractivity contribution >= 4 is 5.78 Å². The molecule has 1 fully saturated rings. The number of rotatable bonds is 0. The van der Waals surface area contributed by atoms with Crippen LogP contribution in [-0.2, 0) is 4.79 Å². The minimum atomic E-state index is 0.269. The molecule has 0 N–H and O–H groups in total. The highest BCUT2D eigenvalue weighted by Gasteiger charge is 2.59. The van der Waals surface area contributed by atoms with Crippen LogP contribution in [0, 0.1) is 22.7 Å². The van der Waals surface area contributed by atoms with Crippen LogP contribution in [0.5, 0.6) is 0 Å². The van der Waals surface area contributed by atoms with Crippen LogP contribution >= 0.6 is 0 Å². The summed E-state index contributed by atoms with van der Waals surface area (Å²) in [5.74, 6) is 1.76. The maximum atomic E-state index is 12.2. The van der Waals surface area contributed by atoms with Gasteiger partial charge in [0, 0.05) is 12.0 Å². The van der Waals surface area contributed by atoms with Crippen molar-refractivity contribution in [1.29, 1.82) is 0 Å². The molecule has 3 rings (SSSR count). The molecule has 3 aliphatic carbocycles. The molecule has 0 aromatic rings. The van der Waals surface area contributed by atoms with Gasteiger partial charge >= 0.3 is 0 Å². The molecule has 0 heterocycles. The van der Waals surface area contributed by atoms with Crippen LogP contribution in [-0.4, -0.2) is 5.78 Å². The van der Waals surface area contributed by atoms with Gasteiger partial charge in [0.05, 0.1) is 0 Å². The molecule has 0 aliphatic heterocycles. The molecule has 0 radical (unpaired) electrons. The Labute approximate surface area is 98.3 Å². The maximum absolute atomic E-state index is 12.2. The third-order valence-corrected chi connectivity index (χ3v) is 5.14. The quantitative estimate of drug-likeness (QED) is 0.605. The van der Waals surface area contributed by atoms with Crippen LogP contribution in [0.25, 0.3) is 0 Å². The first-order chi connectivity index (χ1) is 7.33. The minimum Gasteiger partial charge on any atom is -0.295 e. The molecule has 16 heavy (non-hydrogen) atoms. The number of allylic oxidation sites excluding steroid dienone is 2. The van der Waals surface area contributed by atoms with E-state index in [0.29, 0.717) is 17.1 Å². The van der Waals surface area contributed by atoms with E-state index in [-0.39, 0.29) is 5.41 Å². The number of hydrogen-bond acceptors (Lipinski definition) is 1. The molecule has 1 saturated carbocycles. The molecule has 3 atom stereocenters. The van der Waals surface area contributed by atoms with Crippen molar-refractivity contribution in [3.05, 3.63) is 11.1 Å². The van der Waals surface area contributed by atoms with Crippen molar-refractivity contribution in [3.63, 3.8) is 0 Å². The largest absolute Gasteiger partial charge is 0.295 e. The molecule has 0 spiro atoms. The molecule has 1 nitrogen and oxygen atoms in total. The third kappa shape index (κ3) is 1.26. The van der Waals surface area contributed by atoms with E-state index in [1.54, 1.807) is 0 Å². The second-order valence-electron chi connectivity index (χ2n) is 7.29. The summed E-state index contributed by atoms with van der Waals surface area (Å²) in [6.07, 6.45) is 4.49. The zero-order valence-electron chi connectivity index (χ0n) is 10.9. The van der Waals surface area contributed by atoms with Crippen LogP contribution in [0.4, 0.5) is 0 Å². The lowest BCUT2D eigenvalue weighted by molar-refractivity contribution is -0.115. The molecule has 1 heteroatoms. The molecule has 0 unspecified atom stereocenters. The fourth-order valence-electron chi connectivity index (χ4n) is 4.19. The summed E-state index contributed by atoms with van der Waals surface area (Å²) in [6.45, 7) is 9.31. The van der Waals surface area contributed by atoms with Gasteiger partial charge in [0.25, 0.3) is 0 Å². The van der Waals surface area contributed by atoms with E-state index < -0.39 is 0 Å². The number of fused-ring (bicyclic) bond motifs is 2. The van der Waals surface area contributed by atoms with E-state index in [2.05, 4.69) is 27.7 Å². The van der Waals surface area contributed by atoms with Gasteiger partial charge in [-0.25, -0.2) is 0 Å². The van der Waals surface area contributed by atoms with E-state index in [1.807, 2.05) is 0 Å². The first kappa shape index (κ1) is 10.6. The monoisotopic (exact) mass is 218 g/mol. The van der Waals surface area contributed by atoms with Gasteiger partial charge in [-0.05, 0) is 41.9 Å². The van der Waals surface area contributed by atoms with Gasteiger partial charge in [0.15, 0.2) is 5.78 Å². The lowest BCUT2D eigenvalue weighted by Gasteiger charge is -2.25. The number of carbonyl (C=O) groups excluding carboxylic acids is 1. The van der Waals surface area contributed by atoms with Gasteiger partial charge in [0.1, 0.15) is 0 Å². The standard InChI is InChI=1S/C15H22O/c1-9-5-12(16)13-11(9)8-14(2,3)6-10-7-15(10,13)4/h9-10H,5-8H2,1-4H3/t9-,10+,15+/m0/s1. The summed E-state index contributed by atoms with van der Waals surface area (Å²) >= 11 is 0. The molecule has 0 saturated heterocycles. The van der Waals surface area contributed by atoms with E-state index in [0.717, 1.165) is 18.8 Å². The number of carbonyl (C=O) groups is 1. The Morgan fingerprint density at radius 3 is 2.56 bits per heavy atom. The summed E-state index contributed by atoms with van der Waals surface area (Å²) in [6, 6.07) is 0. The first-order valence-electron chi connectivity index (χ1n) is 6.60. The Balaban J connectivity index is 2.10. The first-order valence-corrected chi connectivity index (χ1v) is 6.60. The Bertz CT molecular complexity index is 402. The normalized spacial score (nSPS) is 45.1. The van der Waals surface area contributed by atoms with Crippen LogP contribution in [0.1, 0.15) is 53.4 Å². The second-order valence-corrected chi connectivity index (χ2v) is 7.29. The molecular formula is C15H22O. The van der Waals surface area contributed by atoms with E-state index in [9.17, 15) is 4.79 Å². The van der Waals surface area contributed by atoms with Crippen LogP contribution in [0.3, 0.4) is 0 Å². The molecule has 0 aromatic heterocycles. The van der Waals surface area contributed by atoms with E-state index >= 15 is 0 Å². The van der Waals surface area contributed by atoms with Crippen molar-refractivity contribution in [3.8, 4) is 0 Å². The average Bonchev–Trinajstić information content (AvgIpc) is 2.64. The van der Waals surface area contributed by atoms with Gasteiger partial charge in [-0.15, -0.1) is 0 Å². The fraction of sp³-hybridized carbons (Fsp3) is 0.800. The van der Waals surface area contributed by atoms with Gasteiger partial charge in [-0.1, -0.05) is 33.3 Å². The van der Waals surface area contributed by atoms with Crippen molar-refractivity contribution < 1.29 is 4.79 Å². The Morgan fingerprint density at radius 1 is 1.19 bits per heavy atom. The highest BCUT2D eigenvalue weighted by atomic mass is 16.1. The van der Waals surface area contributed by atoms with E-state index in [4.69, 9.17) is 0 Å². The number of Topliss-reactive ketones (excluding diaryl/α,β-unsaturated/α-hetero) is 1. The molecule has 0 amide bonds. The van der Waals surface area contributed by atoms with Crippen LogP contribution < -0.4 is 0 Å². The molecule has 3 aliphatic rings. The summed E-state index contributed by atoms with van der Waals surface area (Å²) in [7, 11) is 0. The molecular weight excluding hydrogens is 196 g/mol. The number of ketones is 1. The lowest BCUT2D eigenvalue weighted by atomic mass is 9.79. The maximum Gasteiger partial charge on any atom is 0.159 e. The van der Waals surface area contributed by atoms with E-state index in [1.165, 1.54) is 24.0 Å². The zero-order valence-corrected chi connectivity index (χ0v) is 10.9. The third-order valence-electron chi connectivity index (χ3n) is 5.14. The van der Waals surface area contributed by atoms with Crippen LogP contribution in [0.15, 0.2) is 11.1 Å². The highest BCUT2D eigenvalue weighted by Crippen LogP contribution is 2.67. The summed E-state index contributed by atoms with van der Waals surface area (Å²) in [4.78, 5) is 12.2. The second kappa shape index (κ2) is 2.80. The smallest absolute Gasteiger partial charge is 0.159 e. The van der Waals surface area contributed by atoms with Gasteiger partial charge in [-0.3, -0.25) is 4.79 Å². The van der Waals surface area contributed by atoms with Crippen molar-refractivity contribution in [2.75, 3.05) is 0 Å².